The van der Waals surface area contributed by atoms with Gasteiger partial charge in [-0.05, 0) is 53.6 Å². The van der Waals surface area contributed by atoms with Crippen molar-refractivity contribution >= 4 is 11.9 Å². The molecule has 0 aromatic heterocycles. The summed E-state index contributed by atoms with van der Waals surface area (Å²) < 4.78 is 0. The SMILES string of the molecule is NCc1cccc(-c2cccc(C(=O)N3CCCC(CNC(N)=O)C3)c2)c1. The molecule has 0 radical (unpaired) electrons. The van der Waals surface area contributed by atoms with Gasteiger partial charge in [0.05, 0.1) is 0 Å². The molecular weight excluding hydrogens is 340 g/mol. The molecule has 2 aromatic rings. The lowest BCUT2D eigenvalue weighted by Gasteiger charge is -2.33. The number of benzene rings is 2. The van der Waals surface area contributed by atoms with Crippen molar-refractivity contribution in [1.29, 1.82) is 0 Å². The fourth-order valence-corrected chi connectivity index (χ4v) is 3.55. The first-order chi connectivity index (χ1) is 13.1. The standard InChI is InChI=1S/C21H26N4O2/c22-12-15-4-1-6-17(10-15)18-7-2-8-19(11-18)20(26)25-9-3-5-16(14-25)13-24-21(23)27/h1-2,4,6-8,10-11,16H,3,5,9,12-14,22H2,(H3,23,24,27). The molecule has 1 atom stereocenters. The maximum atomic E-state index is 13.0. The van der Waals surface area contributed by atoms with Gasteiger partial charge in [0.25, 0.3) is 5.91 Å². The lowest BCUT2D eigenvalue weighted by molar-refractivity contribution is 0.0675. The van der Waals surface area contributed by atoms with Crippen molar-refractivity contribution in [2.24, 2.45) is 17.4 Å². The van der Waals surface area contributed by atoms with E-state index in [0.29, 0.717) is 25.2 Å². The number of nitrogens with two attached hydrogens (primary N) is 2. The molecule has 6 nitrogen and oxygen atoms in total. The Balaban J connectivity index is 1.74. The van der Waals surface area contributed by atoms with Gasteiger partial charge in [-0.25, -0.2) is 4.79 Å². The van der Waals surface area contributed by atoms with Crippen LogP contribution in [0.1, 0.15) is 28.8 Å². The number of primary amides is 1. The minimum atomic E-state index is -0.522. The summed E-state index contributed by atoms with van der Waals surface area (Å²) in [6.45, 7) is 2.36. The molecular formula is C21H26N4O2. The number of carbonyl (C=O) groups excluding carboxylic acids is 2. The van der Waals surface area contributed by atoms with Crippen LogP contribution in [0.5, 0.6) is 0 Å². The number of urea groups is 1. The van der Waals surface area contributed by atoms with Gasteiger partial charge in [-0.1, -0.05) is 30.3 Å². The highest BCUT2D eigenvalue weighted by molar-refractivity contribution is 5.95. The Hall–Kier alpha value is -2.86. The van der Waals surface area contributed by atoms with Crippen LogP contribution in [0, 0.1) is 5.92 Å². The summed E-state index contributed by atoms with van der Waals surface area (Å²) in [6, 6.07) is 15.2. The first-order valence-electron chi connectivity index (χ1n) is 9.29. The molecule has 2 aromatic carbocycles. The number of likely N-dealkylation sites (tertiary alicyclic amines) is 1. The number of nitrogens with one attached hydrogen (secondary N) is 1. The van der Waals surface area contributed by atoms with Crippen LogP contribution in [0.15, 0.2) is 48.5 Å². The smallest absolute Gasteiger partial charge is 0.312 e. The van der Waals surface area contributed by atoms with E-state index in [0.717, 1.165) is 36.1 Å². The van der Waals surface area contributed by atoms with E-state index in [1.807, 2.05) is 47.4 Å². The largest absolute Gasteiger partial charge is 0.352 e. The monoisotopic (exact) mass is 366 g/mol. The summed E-state index contributed by atoms with van der Waals surface area (Å²) >= 11 is 0. The number of amides is 3. The van der Waals surface area contributed by atoms with Crippen LogP contribution in [-0.4, -0.2) is 36.5 Å². The highest BCUT2D eigenvalue weighted by Crippen LogP contribution is 2.24. The van der Waals surface area contributed by atoms with E-state index in [1.54, 1.807) is 0 Å². The van der Waals surface area contributed by atoms with E-state index >= 15 is 0 Å². The lowest BCUT2D eigenvalue weighted by Crippen LogP contribution is -2.44. The first kappa shape index (κ1) is 18.9. The summed E-state index contributed by atoms with van der Waals surface area (Å²) in [7, 11) is 0. The van der Waals surface area contributed by atoms with Crippen molar-refractivity contribution in [1.82, 2.24) is 10.2 Å². The van der Waals surface area contributed by atoms with Gasteiger partial charge >= 0.3 is 6.03 Å². The molecule has 142 valence electrons. The second-order valence-corrected chi connectivity index (χ2v) is 6.99. The van der Waals surface area contributed by atoms with Crippen molar-refractivity contribution < 1.29 is 9.59 Å². The number of piperidine rings is 1. The van der Waals surface area contributed by atoms with Gasteiger partial charge in [0.15, 0.2) is 0 Å². The maximum absolute atomic E-state index is 13.0. The number of carbonyl (C=O) groups is 2. The minimum absolute atomic E-state index is 0.0237. The zero-order valence-corrected chi connectivity index (χ0v) is 15.4. The van der Waals surface area contributed by atoms with Gasteiger partial charge in [-0.15, -0.1) is 0 Å². The minimum Gasteiger partial charge on any atom is -0.352 e. The summed E-state index contributed by atoms with van der Waals surface area (Å²) in [5.41, 5.74) is 14.7. The second kappa shape index (κ2) is 8.68. The summed E-state index contributed by atoms with van der Waals surface area (Å²) in [5.74, 6) is 0.259. The Morgan fingerprint density at radius 2 is 1.85 bits per heavy atom. The fourth-order valence-electron chi connectivity index (χ4n) is 3.55. The quantitative estimate of drug-likeness (QED) is 0.757. The lowest BCUT2D eigenvalue weighted by atomic mass is 9.96. The van der Waals surface area contributed by atoms with Crippen molar-refractivity contribution in [3.63, 3.8) is 0 Å². The topological polar surface area (TPSA) is 101 Å². The predicted molar refractivity (Wildman–Crippen MR) is 106 cm³/mol. The number of hydrogen-bond acceptors (Lipinski definition) is 3. The fraction of sp³-hybridized carbons (Fsp3) is 0.333. The Morgan fingerprint density at radius 1 is 1.11 bits per heavy atom. The highest BCUT2D eigenvalue weighted by Gasteiger charge is 2.24. The summed E-state index contributed by atoms with van der Waals surface area (Å²) in [4.78, 5) is 25.8. The van der Waals surface area contributed by atoms with Crippen LogP contribution in [-0.2, 0) is 6.54 Å². The summed E-state index contributed by atoms with van der Waals surface area (Å²) in [6.07, 6.45) is 1.91. The second-order valence-electron chi connectivity index (χ2n) is 6.99. The van der Waals surface area contributed by atoms with Gasteiger partial charge in [0.1, 0.15) is 0 Å². The number of rotatable bonds is 5. The normalized spacial score (nSPS) is 16.8. The van der Waals surface area contributed by atoms with Crippen molar-refractivity contribution in [2.45, 2.75) is 19.4 Å². The van der Waals surface area contributed by atoms with Crippen LogP contribution in [0.4, 0.5) is 4.79 Å². The molecule has 27 heavy (non-hydrogen) atoms. The van der Waals surface area contributed by atoms with Crippen molar-refractivity contribution in [2.75, 3.05) is 19.6 Å². The van der Waals surface area contributed by atoms with Gasteiger partial charge in [-0.3, -0.25) is 4.79 Å². The van der Waals surface area contributed by atoms with Gasteiger partial charge in [0, 0.05) is 31.7 Å². The average molecular weight is 366 g/mol. The van der Waals surface area contributed by atoms with E-state index in [-0.39, 0.29) is 11.8 Å². The van der Waals surface area contributed by atoms with E-state index in [1.165, 1.54) is 0 Å². The zero-order valence-electron chi connectivity index (χ0n) is 15.4. The average Bonchev–Trinajstić information content (AvgIpc) is 2.72. The summed E-state index contributed by atoms with van der Waals surface area (Å²) in [5, 5.41) is 2.65. The molecule has 1 aliphatic heterocycles. The molecule has 0 saturated carbocycles. The van der Waals surface area contributed by atoms with E-state index in [9.17, 15) is 9.59 Å². The van der Waals surface area contributed by atoms with E-state index in [4.69, 9.17) is 11.5 Å². The molecule has 0 bridgehead atoms. The van der Waals surface area contributed by atoms with Gasteiger partial charge in [-0.2, -0.15) is 0 Å². The number of nitrogens with zero attached hydrogens (tertiary/aromatic N) is 1. The Labute approximate surface area is 159 Å². The van der Waals surface area contributed by atoms with Crippen LogP contribution < -0.4 is 16.8 Å². The zero-order chi connectivity index (χ0) is 19.2. The molecule has 1 unspecified atom stereocenters. The molecule has 0 aliphatic carbocycles. The molecule has 1 aliphatic rings. The Kier molecular flexibility index (Phi) is 6.08. The molecule has 1 saturated heterocycles. The third-order valence-electron chi connectivity index (χ3n) is 4.98. The van der Waals surface area contributed by atoms with E-state index < -0.39 is 6.03 Å². The Bertz CT molecular complexity index is 821. The van der Waals surface area contributed by atoms with Crippen molar-refractivity contribution in [3.8, 4) is 11.1 Å². The number of hydrogen-bond donors (Lipinski definition) is 3. The molecule has 0 spiro atoms. The van der Waals surface area contributed by atoms with Crippen LogP contribution >= 0.6 is 0 Å². The Morgan fingerprint density at radius 3 is 2.59 bits per heavy atom. The van der Waals surface area contributed by atoms with Gasteiger partial charge < -0.3 is 21.7 Å². The van der Waals surface area contributed by atoms with Crippen LogP contribution in [0.2, 0.25) is 0 Å². The third-order valence-corrected chi connectivity index (χ3v) is 4.98. The van der Waals surface area contributed by atoms with E-state index in [2.05, 4.69) is 11.4 Å². The first-order valence-corrected chi connectivity index (χ1v) is 9.29. The van der Waals surface area contributed by atoms with Gasteiger partial charge in [0.2, 0.25) is 0 Å². The van der Waals surface area contributed by atoms with Crippen LogP contribution in [0.25, 0.3) is 11.1 Å². The third kappa shape index (κ3) is 4.86. The highest BCUT2D eigenvalue weighted by atomic mass is 16.2. The van der Waals surface area contributed by atoms with Crippen LogP contribution in [0.3, 0.4) is 0 Å². The maximum Gasteiger partial charge on any atom is 0.312 e. The molecule has 3 amide bonds. The molecule has 1 fully saturated rings. The molecule has 3 rings (SSSR count). The van der Waals surface area contributed by atoms with Crippen molar-refractivity contribution in [3.05, 3.63) is 59.7 Å². The molecule has 5 N–H and O–H groups in total. The molecule has 6 heteroatoms. The molecule has 1 heterocycles. The predicted octanol–water partition coefficient (Wildman–Crippen LogP) is 2.33.